The minimum Gasteiger partial charge on any atom is -0.310 e. The van der Waals surface area contributed by atoms with Gasteiger partial charge in [0.2, 0.25) is 0 Å². The lowest BCUT2D eigenvalue weighted by Crippen LogP contribution is -2.13. The van der Waals surface area contributed by atoms with Crippen molar-refractivity contribution < 1.29 is 0 Å². The van der Waals surface area contributed by atoms with E-state index >= 15 is 0 Å². The summed E-state index contributed by atoms with van der Waals surface area (Å²) in [5, 5.41) is 7.36. The average molecular weight is 721 g/mol. The van der Waals surface area contributed by atoms with Crippen LogP contribution in [-0.4, -0.2) is 0 Å². The van der Waals surface area contributed by atoms with Gasteiger partial charge in [-0.05, 0) is 135 Å². The molecule has 1 aliphatic rings. The van der Waals surface area contributed by atoms with Crippen molar-refractivity contribution in [1.82, 2.24) is 0 Å². The van der Waals surface area contributed by atoms with Crippen molar-refractivity contribution in [2.24, 2.45) is 0 Å². The van der Waals surface area contributed by atoms with Gasteiger partial charge in [-0.3, -0.25) is 0 Å². The second-order valence-electron chi connectivity index (χ2n) is 15.3. The number of anilines is 6. The Hall–Kier alpha value is -6.64. The Bertz CT molecular complexity index is 2780. The zero-order chi connectivity index (χ0) is 37.3. The molecule has 0 radical (unpaired) electrons. The van der Waals surface area contributed by atoms with E-state index in [1.165, 1.54) is 86.8 Å². The molecule has 0 spiro atoms. The second kappa shape index (κ2) is 14.9. The van der Waals surface area contributed by atoms with Crippen LogP contribution < -0.4 is 9.80 Å². The van der Waals surface area contributed by atoms with E-state index in [4.69, 9.17) is 0 Å². The maximum atomic E-state index is 2.43. The molecule has 0 unspecified atom stereocenters. The lowest BCUT2D eigenvalue weighted by atomic mass is 9.84. The van der Waals surface area contributed by atoms with Crippen molar-refractivity contribution in [2.75, 3.05) is 9.80 Å². The normalized spacial score (nSPS) is 13.3. The first-order valence-electron chi connectivity index (χ1n) is 20.1. The quantitative estimate of drug-likeness (QED) is 0.154. The van der Waals surface area contributed by atoms with Crippen molar-refractivity contribution in [2.45, 2.75) is 38.0 Å². The third-order valence-corrected chi connectivity index (χ3v) is 11.8. The molecule has 0 amide bonds. The van der Waals surface area contributed by atoms with Crippen molar-refractivity contribution in [1.29, 1.82) is 0 Å². The van der Waals surface area contributed by atoms with Gasteiger partial charge in [0.1, 0.15) is 0 Å². The topological polar surface area (TPSA) is 6.48 Å². The molecule has 0 saturated heterocycles. The summed E-state index contributed by atoms with van der Waals surface area (Å²) >= 11 is 0. The molecule has 0 aromatic heterocycles. The van der Waals surface area contributed by atoms with Gasteiger partial charge < -0.3 is 9.80 Å². The van der Waals surface area contributed by atoms with Crippen LogP contribution >= 0.6 is 0 Å². The van der Waals surface area contributed by atoms with Crippen LogP contribution in [0, 0.1) is 0 Å². The molecule has 9 aromatic carbocycles. The van der Waals surface area contributed by atoms with Crippen LogP contribution in [0.4, 0.5) is 34.1 Å². The van der Waals surface area contributed by atoms with E-state index < -0.39 is 0 Å². The van der Waals surface area contributed by atoms with E-state index in [0.717, 1.165) is 28.4 Å². The molecule has 0 N–H and O–H groups in total. The Morgan fingerprint density at radius 1 is 0.321 bits per heavy atom. The Balaban J connectivity index is 1.12. The number of nitrogens with zero attached hydrogens (tertiary/aromatic N) is 2. The Morgan fingerprint density at radius 2 is 0.750 bits per heavy atom. The summed E-state index contributed by atoms with van der Waals surface area (Å²) in [7, 11) is 0. The van der Waals surface area contributed by atoms with Crippen molar-refractivity contribution in [3.63, 3.8) is 0 Å². The molecule has 0 bridgehead atoms. The largest absolute Gasteiger partial charge is 0.310 e. The summed E-state index contributed by atoms with van der Waals surface area (Å²) in [4.78, 5) is 4.84. The maximum absolute atomic E-state index is 2.43. The first-order chi connectivity index (χ1) is 27.7. The van der Waals surface area contributed by atoms with E-state index in [2.05, 4.69) is 210 Å². The Kier molecular flexibility index (Phi) is 9.01. The highest BCUT2D eigenvalue weighted by molar-refractivity contribution is 6.00. The van der Waals surface area contributed by atoms with Gasteiger partial charge in [-0.2, -0.15) is 0 Å². The van der Waals surface area contributed by atoms with Crippen LogP contribution in [-0.2, 0) is 0 Å². The van der Waals surface area contributed by atoms with Crippen LogP contribution in [0.3, 0.4) is 0 Å². The molecule has 1 saturated carbocycles. The fraction of sp³-hybridized carbons (Fsp3) is 0.111. The van der Waals surface area contributed by atoms with E-state index in [1.807, 2.05) is 0 Å². The fourth-order valence-electron chi connectivity index (χ4n) is 8.85. The van der Waals surface area contributed by atoms with Crippen molar-refractivity contribution in [3.05, 3.63) is 206 Å². The van der Waals surface area contributed by atoms with Crippen LogP contribution in [0.2, 0.25) is 0 Å². The molecular formula is C54H44N2. The van der Waals surface area contributed by atoms with Crippen LogP contribution in [0.25, 0.3) is 43.4 Å². The first kappa shape index (κ1) is 33.9. The van der Waals surface area contributed by atoms with Gasteiger partial charge in [-0.15, -0.1) is 0 Å². The maximum Gasteiger partial charge on any atom is 0.0546 e. The Morgan fingerprint density at radius 3 is 1.32 bits per heavy atom. The molecule has 2 heteroatoms. The highest BCUT2D eigenvalue weighted by Crippen LogP contribution is 2.45. The molecule has 10 rings (SSSR count). The van der Waals surface area contributed by atoms with E-state index in [0.29, 0.717) is 5.92 Å². The van der Waals surface area contributed by atoms with Gasteiger partial charge in [0, 0.05) is 34.0 Å². The van der Waals surface area contributed by atoms with Crippen LogP contribution in [0.1, 0.15) is 43.6 Å². The molecule has 1 aliphatic carbocycles. The summed E-state index contributed by atoms with van der Waals surface area (Å²) in [5.74, 6) is 0.670. The molecule has 2 nitrogen and oxygen atoms in total. The van der Waals surface area contributed by atoms with Crippen molar-refractivity contribution >= 4 is 66.4 Å². The van der Waals surface area contributed by atoms with Gasteiger partial charge >= 0.3 is 0 Å². The SMILES string of the molecule is c1ccc(-c2cc3ccccc3cc2N(c2ccc(N(c3ccc(C4CCCCC4)cc3)c3ccc4ccccc4c3)cc2)c2ccc3ccccc3c2)cc1. The summed E-state index contributed by atoms with van der Waals surface area (Å²) in [6, 6.07) is 73.7. The number of fused-ring (bicyclic) bond motifs is 3. The predicted molar refractivity (Wildman–Crippen MR) is 240 cm³/mol. The number of rotatable bonds is 8. The second-order valence-corrected chi connectivity index (χ2v) is 15.3. The van der Waals surface area contributed by atoms with Gasteiger partial charge in [-0.1, -0.05) is 147 Å². The summed E-state index contributed by atoms with van der Waals surface area (Å²) in [6.07, 6.45) is 6.64. The van der Waals surface area contributed by atoms with Gasteiger partial charge in [0.15, 0.2) is 0 Å². The number of benzene rings is 9. The molecule has 1 fully saturated rings. The van der Waals surface area contributed by atoms with Gasteiger partial charge in [-0.25, -0.2) is 0 Å². The molecule has 9 aromatic rings. The summed E-state index contributed by atoms with van der Waals surface area (Å²) in [6.45, 7) is 0. The van der Waals surface area contributed by atoms with Crippen LogP contribution in [0.15, 0.2) is 200 Å². The molecule has 0 aliphatic heterocycles. The minimum atomic E-state index is 0.670. The number of hydrogen-bond donors (Lipinski definition) is 0. The first-order valence-corrected chi connectivity index (χ1v) is 20.1. The Labute approximate surface area is 329 Å². The third kappa shape index (κ3) is 6.58. The zero-order valence-corrected chi connectivity index (χ0v) is 31.6. The standard InChI is InChI=1S/C54H44N2/c1-3-13-39(14-4-1)42-23-27-48(28-24-42)55(51-29-25-40-15-7-9-19-44(40)35-51)49-31-33-50(34-32-49)56(52-30-26-41-16-8-10-20-45(41)36-52)54-38-47-22-12-11-21-46(47)37-53(54)43-17-5-2-6-18-43/h2,5-12,15-39H,1,3-4,13-14H2. The lowest BCUT2D eigenvalue weighted by molar-refractivity contribution is 0.443. The molecule has 0 heterocycles. The smallest absolute Gasteiger partial charge is 0.0546 e. The van der Waals surface area contributed by atoms with E-state index in [-0.39, 0.29) is 0 Å². The summed E-state index contributed by atoms with van der Waals surface area (Å²) in [5.41, 5.74) is 10.6. The average Bonchev–Trinajstić information content (AvgIpc) is 3.27. The zero-order valence-electron chi connectivity index (χ0n) is 31.6. The van der Waals surface area contributed by atoms with Crippen molar-refractivity contribution in [3.8, 4) is 11.1 Å². The monoisotopic (exact) mass is 720 g/mol. The highest BCUT2D eigenvalue weighted by atomic mass is 15.2. The molecule has 56 heavy (non-hydrogen) atoms. The lowest BCUT2D eigenvalue weighted by Gasteiger charge is -2.30. The molecule has 0 atom stereocenters. The minimum absolute atomic E-state index is 0.670. The van der Waals surface area contributed by atoms with E-state index in [9.17, 15) is 0 Å². The fourth-order valence-corrected chi connectivity index (χ4v) is 8.85. The third-order valence-electron chi connectivity index (χ3n) is 11.8. The van der Waals surface area contributed by atoms with Gasteiger partial charge in [0.05, 0.1) is 5.69 Å². The van der Waals surface area contributed by atoms with Gasteiger partial charge in [0.25, 0.3) is 0 Å². The van der Waals surface area contributed by atoms with E-state index in [1.54, 1.807) is 0 Å². The summed E-state index contributed by atoms with van der Waals surface area (Å²) < 4.78 is 0. The predicted octanol–water partition coefficient (Wildman–Crippen LogP) is 15.8. The van der Waals surface area contributed by atoms with Crippen LogP contribution in [0.5, 0.6) is 0 Å². The molecular weight excluding hydrogens is 677 g/mol. The number of hydrogen-bond acceptors (Lipinski definition) is 2. The highest BCUT2D eigenvalue weighted by Gasteiger charge is 2.21. The molecule has 270 valence electrons.